The first-order valence-corrected chi connectivity index (χ1v) is 7.14. The average molecular weight is 283 g/mol. The Labute approximate surface area is 125 Å². The average Bonchev–Trinajstić information content (AvgIpc) is 2.45. The summed E-state index contributed by atoms with van der Waals surface area (Å²) in [5.41, 5.74) is 3.72. The maximum absolute atomic E-state index is 12.1. The lowest BCUT2D eigenvalue weighted by Gasteiger charge is -2.10. The molecule has 21 heavy (non-hydrogen) atoms. The van der Waals surface area contributed by atoms with Gasteiger partial charge in [0.2, 0.25) is 0 Å². The van der Waals surface area contributed by atoms with E-state index in [0.717, 1.165) is 11.1 Å². The molecule has 3 nitrogen and oxygen atoms in total. The number of hydrogen-bond donors (Lipinski definition) is 2. The van der Waals surface area contributed by atoms with Gasteiger partial charge in [0, 0.05) is 12.1 Å². The summed E-state index contributed by atoms with van der Waals surface area (Å²) in [7, 11) is 0. The number of aryl methyl sites for hydroxylation is 1. The molecule has 0 saturated carbocycles. The van der Waals surface area contributed by atoms with Gasteiger partial charge in [0.25, 0.3) is 5.91 Å². The highest BCUT2D eigenvalue weighted by atomic mass is 16.3. The quantitative estimate of drug-likeness (QED) is 0.897. The van der Waals surface area contributed by atoms with E-state index in [4.69, 9.17) is 0 Å². The molecule has 2 N–H and O–H groups in total. The minimum absolute atomic E-state index is 0.125. The molecule has 0 aliphatic heterocycles. The predicted molar refractivity (Wildman–Crippen MR) is 84.5 cm³/mol. The molecule has 2 aromatic rings. The van der Waals surface area contributed by atoms with Crippen molar-refractivity contribution in [2.75, 3.05) is 0 Å². The Morgan fingerprint density at radius 3 is 2.38 bits per heavy atom. The van der Waals surface area contributed by atoms with Crippen molar-refractivity contribution < 1.29 is 9.90 Å². The van der Waals surface area contributed by atoms with Gasteiger partial charge in [-0.1, -0.05) is 38.1 Å². The molecule has 0 aromatic heterocycles. The van der Waals surface area contributed by atoms with Crippen LogP contribution in [0.25, 0.3) is 0 Å². The van der Waals surface area contributed by atoms with Crippen molar-refractivity contribution >= 4 is 5.91 Å². The van der Waals surface area contributed by atoms with Gasteiger partial charge in [-0.2, -0.15) is 0 Å². The Bertz CT molecular complexity index is 630. The number of carbonyl (C=O) groups excluding carboxylic acids is 1. The first-order chi connectivity index (χ1) is 9.97. The molecular formula is C18H21NO2. The fourth-order valence-electron chi connectivity index (χ4n) is 2.20. The van der Waals surface area contributed by atoms with Crippen LogP contribution in [0.4, 0.5) is 0 Å². The van der Waals surface area contributed by atoms with Crippen LogP contribution >= 0.6 is 0 Å². The van der Waals surface area contributed by atoms with Crippen molar-refractivity contribution in [3.8, 4) is 5.75 Å². The van der Waals surface area contributed by atoms with E-state index >= 15 is 0 Å². The molecule has 0 atom stereocenters. The van der Waals surface area contributed by atoms with Crippen LogP contribution in [0, 0.1) is 6.92 Å². The van der Waals surface area contributed by atoms with Gasteiger partial charge in [-0.05, 0) is 47.7 Å². The van der Waals surface area contributed by atoms with Crippen LogP contribution in [-0.4, -0.2) is 11.0 Å². The van der Waals surface area contributed by atoms with Crippen molar-refractivity contribution in [2.24, 2.45) is 0 Å². The molecule has 0 saturated heterocycles. The van der Waals surface area contributed by atoms with Gasteiger partial charge in [-0.3, -0.25) is 4.79 Å². The molecule has 3 heteroatoms. The van der Waals surface area contributed by atoms with Crippen molar-refractivity contribution in [3.05, 3.63) is 64.7 Å². The Morgan fingerprint density at radius 2 is 1.81 bits per heavy atom. The molecule has 0 radical (unpaired) electrons. The van der Waals surface area contributed by atoms with Gasteiger partial charge in [-0.25, -0.2) is 0 Å². The third-order valence-electron chi connectivity index (χ3n) is 3.55. The smallest absolute Gasteiger partial charge is 0.251 e. The number of benzene rings is 2. The van der Waals surface area contributed by atoms with E-state index < -0.39 is 0 Å². The summed E-state index contributed by atoms with van der Waals surface area (Å²) < 4.78 is 0. The van der Waals surface area contributed by atoms with Crippen LogP contribution in [-0.2, 0) is 6.54 Å². The first-order valence-electron chi connectivity index (χ1n) is 7.14. The highest BCUT2D eigenvalue weighted by molar-refractivity contribution is 5.95. The molecule has 0 aliphatic rings. The lowest BCUT2D eigenvalue weighted by molar-refractivity contribution is 0.0950. The SMILES string of the molecule is Cc1cc(O)ccc1C(=O)NCc1ccc(C(C)C)cc1. The van der Waals surface area contributed by atoms with Crippen LogP contribution in [0.1, 0.15) is 46.8 Å². The minimum Gasteiger partial charge on any atom is -0.508 e. The Hall–Kier alpha value is -2.29. The molecule has 2 rings (SSSR count). The van der Waals surface area contributed by atoms with Crippen molar-refractivity contribution in [1.82, 2.24) is 5.32 Å². The van der Waals surface area contributed by atoms with Gasteiger partial charge in [0.15, 0.2) is 0 Å². The molecule has 2 aromatic carbocycles. The monoisotopic (exact) mass is 283 g/mol. The number of phenolic OH excluding ortho intramolecular Hbond substituents is 1. The number of amides is 1. The summed E-state index contributed by atoms with van der Waals surface area (Å²) in [6.07, 6.45) is 0. The van der Waals surface area contributed by atoms with Gasteiger partial charge in [0.1, 0.15) is 5.75 Å². The normalized spacial score (nSPS) is 10.7. The topological polar surface area (TPSA) is 49.3 Å². The zero-order valence-corrected chi connectivity index (χ0v) is 12.7. The van der Waals surface area contributed by atoms with Crippen LogP contribution in [0.15, 0.2) is 42.5 Å². The number of nitrogens with one attached hydrogen (secondary N) is 1. The lowest BCUT2D eigenvalue weighted by atomic mass is 10.0. The largest absolute Gasteiger partial charge is 0.508 e. The molecular weight excluding hydrogens is 262 g/mol. The molecule has 0 fully saturated rings. The van der Waals surface area contributed by atoms with E-state index in [2.05, 4.69) is 31.3 Å². The van der Waals surface area contributed by atoms with E-state index in [1.807, 2.05) is 19.1 Å². The van der Waals surface area contributed by atoms with Crippen LogP contribution in [0.2, 0.25) is 0 Å². The highest BCUT2D eigenvalue weighted by Crippen LogP contribution is 2.16. The number of rotatable bonds is 4. The predicted octanol–water partition coefficient (Wildman–Crippen LogP) is 3.75. The number of carbonyl (C=O) groups is 1. The van der Waals surface area contributed by atoms with Crippen molar-refractivity contribution in [1.29, 1.82) is 0 Å². The Balaban J connectivity index is 2.00. The van der Waals surface area contributed by atoms with Crippen LogP contribution < -0.4 is 5.32 Å². The molecule has 0 heterocycles. The molecule has 110 valence electrons. The van der Waals surface area contributed by atoms with Gasteiger partial charge < -0.3 is 10.4 Å². The van der Waals surface area contributed by atoms with Crippen molar-refractivity contribution in [3.63, 3.8) is 0 Å². The fraction of sp³-hybridized carbons (Fsp3) is 0.278. The van der Waals surface area contributed by atoms with Crippen LogP contribution in [0.3, 0.4) is 0 Å². The third-order valence-corrected chi connectivity index (χ3v) is 3.55. The molecule has 0 aliphatic carbocycles. The standard InChI is InChI=1S/C18H21NO2/c1-12(2)15-6-4-14(5-7-15)11-19-18(21)17-9-8-16(20)10-13(17)3/h4-10,12,20H,11H2,1-3H3,(H,19,21). The zero-order valence-electron chi connectivity index (χ0n) is 12.7. The second kappa shape index (κ2) is 6.44. The summed E-state index contributed by atoms with van der Waals surface area (Å²) in [5, 5.41) is 12.3. The number of phenols is 1. The summed E-state index contributed by atoms with van der Waals surface area (Å²) in [6.45, 7) is 6.62. The molecule has 0 spiro atoms. The van der Waals surface area contributed by atoms with E-state index in [9.17, 15) is 9.90 Å². The van der Waals surface area contributed by atoms with E-state index in [1.165, 1.54) is 11.6 Å². The summed E-state index contributed by atoms with van der Waals surface area (Å²) >= 11 is 0. The summed E-state index contributed by atoms with van der Waals surface area (Å²) in [6, 6.07) is 13.0. The van der Waals surface area contributed by atoms with E-state index in [0.29, 0.717) is 18.0 Å². The van der Waals surface area contributed by atoms with Gasteiger partial charge in [0.05, 0.1) is 0 Å². The fourth-order valence-corrected chi connectivity index (χ4v) is 2.20. The van der Waals surface area contributed by atoms with E-state index in [-0.39, 0.29) is 11.7 Å². The summed E-state index contributed by atoms with van der Waals surface area (Å²) in [5.74, 6) is 0.557. The van der Waals surface area contributed by atoms with Gasteiger partial charge >= 0.3 is 0 Å². The maximum Gasteiger partial charge on any atom is 0.251 e. The maximum atomic E-state index is 12.1. The van der Waals surface area contributed by atoms with Crippen LogP contribution in [0.5, 0.6) is 5.75 Å². The highest BCUT2D eigenvalue weighted by Gasteiger charge is 2.09. The third kappa shape index (κ3) is 3.85. The van der Waals surface area contributed by atoms with Crippen molar-refractivity contribution in [2.45, 2.75) is 33.2 Å². The Morgan fingerprint density at radius 1 is 1.14 bits per heavy atom. The first kappa shape index (κ1) is 15.1. The molecule has 0 unspecified atom stereocenters. The molecule has 1 amide bonds. The summed E-state index contributed by atoms with van der Waals surface area (Å²) in [4.78, 5) is 12.1. The minimum atomic E-state index is -0.125. The van der Waals surface area contributed by atoms with Gasteiger partial charge in [-0.15, -0.1) is 0 Å². The van der Waals surface area contributed by atoms with E-state index in [1.54, 1.807) is 12.1 Å². The number of aromatic hydroxyl groups is 1. The zero-order chi connectivity index (χ0) is 15.4. The lowest BCUT2D eigenvalue weighted by Crippen LogP contribution is -2.23. The Kier molecular flexibility index (Phi) is 4.63. The number of hydrogen-bond acceptors (Lipinski definition) is 2. The second-order valence-corrected chi connectivity index (χ2v) is 5.58. The second-order valence-electron chi connectivity index (χ2n) is 5.58. The molecule has 0 bridgehead atoms.